The topological polar surface area (TPSA) is 48.7 Å². The van der Waals surface area contributed by atoms with Gasteiger partial charge in [-0.05, 0) is 38.0 Å². The quantitative estimate of drug-likeness (QED) is 0.908. The van der Waals surface area contributed by atoms with Gasteiger partial charge in [0.2, 0.25) is 0 Å². The highest BCUT2D eigenvalue weighted by atomic mass is 15.0. The second-order valence-corrected chi connectivity index (χ2v) is 4.76. The molecule has 3 nitrogen and oxygen atoms in total. The highest BCUT2D eigenvalue weighted by molar-refractivity contribution is 5.56. The molecule has 1 heterocycles. The van der Waals surface area contributed by atoms with E-state index >= 15 is 0 Å². The molecule has 0 saturated carbocycles. The maximum atomic E-state index is 9.19. The standard InChI is InChI=1S/C16H17N3/c1-11-4-6-14(7-5-11)10-18-16-15(9-17)12(2)8-13(3)19-16/h4-8H,10H2,1-3H3,(H,18,19). The highest BCUT2D eigenvalue weighted by Crippen LogP contribution is 2.18. The maximum Gasteiger partial charge on any atom is 0.144 e. The lowest BCUT2D eigenvalue weighted by atomic mass is 10.1. The normalized spacial score (nSPS) is 10.0. The summed E-state index contributed by atoms with van der Waals surface area (Å²) in [6.07, 6.45) is 0. The van der Waals surface area contributed by atoms with Crippen molar-refractivity contribution in [3.05, 3.63) is 58.3 Å². The average molecular weight is 251 g/mol. The summed E-state index contributed by atoms with van der Waals surface area (Å²) in [7, 11) is 0. The predicted molar refractivity (Wildman–Crippen MR) is 76.9 cm³/mol. The van der Waals surface area contributed by atoms with Gasteiger partial charge in [0.1, 0.15) is 11.9 Å². The molecule has 1 aromatic carbocycles. The van der Waals surface area contributed by atoms with Gasteiger partial charge in [-0.1, -0.05) is 29.8 Å². The molecule has 2 aromatic rings. The van der Waals surface area contributed by atoms with Gasteiger partial charge in [0, 0.05) is 12.2 Å². The Morgan fingerprint density at radius 3 is 2.47 bits per heavy atom. The molecule has 96 valence electrons. The van der Waals surface area contributed by atoms with Crippen LogP contribution in [0.4, 0.5) is 5.82 Å². The number of hydrogen-bond acceptors (Lipinski definition) is 3. The molecule has 0 unspecified atom stereocenters. The van der Waals surface area contributed by atoms with Gasteiger partial charge in [0.15, 0.2) is 0 Å². The number of aromatic nitrogens is 1. The van der Waals surface area contributed by atoms with E-state index in [0.29, 0.717) is 17.9 Å². The van der Waals surface area contributed by atoms with Crippen LogP contribution >= 0.6 is 0 Å². The summed E-state index contributed by atoms with van der Waals surface area (Å²) in [6, 6.07) is 12.5. The molecule has 0 bridgehead atoms. The van der Waals surface area contributed by atoms with Gasteiger partial charge in [-0.2, -0.15) is 5.26 Å². The van der Waals surface area contributed by atoms with Crippen LogP contribution in [-0.4, -0.2) is 4.98 Å². The van der Waals surface area contributed by atoms with Crippen molar-refractivity contribution in [1.82, 2.24) is 4.98 Å². The third-order valence-corrected chi connectivity index (χ3v) is 3.04. The maximum absolute atomic E-state index is 9.19. The van der Waals surface area contributed by atoms with Gasteiger partial charge in [-0.3, -0.25) is 0 Å². The molecule has 0 radical (unpaired) electrons. The summed E-state index contributed by atoms with van der Waals surface area (Å²) in [4.78, 5) is 4.40. The summed E-state index contributed by atoms with van der Waals surface area (Å²) < 4.78 is 0. The Kier molecular flexibility index (Phi) is 3.82. The van der Waals surface area contributed by atoms with Gasteiger partial charge in [0.05, 0.1) is 5.56 Å². The van der Waals surface area contributed by atoms with E-state index in [9.17, 15) is 5.26 Å². The van der Waals surface area contributed by atoms with Crippen LogP contribution in [0.1, 0.15) is 27.9 Å². The van der Waals surface area contributed by atoms with Gasteiger partial charge in [-0.15, -0.1) is 0 Å². The first-order valence-corrected chi connectivity index (χ1v) is 6.28. The molecule has 0 atom stereocenters. The van der Waals surface area contributed by atoms with E-state index in [1.807, 2.05) is 19.9 Å². The minimum Gasteiger partial charge on any atom is -0.365 e. The third kappa shape index (κ3) is 3.11. The zero-order valence-corrected chi connectivity index (χ0v) is 11.5. The Labute approximate surface area is 113 Å². The van der Waals surface area contributed by atoms with Gasteiger partial charge < -0.3 is 5.32 Å². The number of anilines is 1. The summed E-state index contributed by atoms with van der Waals surface area (Å²) in [6.45, 7) is 6.61. The monoisotopic (exact) mass is 251 g/mol. The lowest BCUT2D eigenvalue weighted by Crippen LogP contribution is -2.05. The molecule has 2 rings (SSSR count). The van der Waals surface area contributed by atoms with Crippen molar-refractivity contribution in [3.8, 4) is 6.07 Å². The van der Waals surface area contributed by atoms with E-state index in [4.69, 9.17) is 0 Å². The minimum atomic E-state index is 0.623. The Balaban J connectivity index is 2.20. The second-order valence-electron chi connectivity index (χ2n) is 4.76. The Morgan fingerprint density at radius 1 is 1.16 bits per heavy atom. The van der Waals surface area contributed by atoms with E-state index in [1.165, 1.54) is 11.1 Å². The van der Waals surface area contributed by atoms with Crippen molar-refractivity contribution >= 4 is 5.82 Å². The van der Waals surface area contributed by atoms with E-state index in [0.717, 1.165) is 11.3 Å². The minimum absolute atomic E-state index is 0.623. The lowest BCUT2D eigenvalue weighted by Gasteiger charge is -2.10. The molecule has 0 aliphatic carbocycles. The lowest BCUT2D eigenvalue weighted by molar-refractivity contribution is 1.07. The number of rotatable bonds is 3. The number of pyridine rings is 1. The SMILES string of the molecule is Cc1ccc(CNc2nc(C)cc(C)c2C#N)cc1. The summed E-state index contributed by atoms with van der Waals surface area (Å²) in [5.41, 5.74) is 4.92. The highest BCUT2D eigenvalue weighted by Gasteiger charge is 2.07. The van der Waals surface area contributed by atoms with Crippen LogP contribution in [0.5, 0.6) is 0 Å². The number of aryl methyl sites for hydroxylation is 3. The molecule has 0 spiro atoms. The zero-order valence-electron chi connectivity index (χ0n) is 11.5. The molecule has 0 saturated heterocycles. The largest absolute Gasteiger partial charge is 0.365 e. The summed E-state index contributed by atoms with van der Waals surface area (Å²) in [5.74, 6) is 0.667. The molecular formula is C16H17N3. The summed E-state index contributed by atoms with van der Waals surface area (Å²) in [5, 5.41) is 12.4. The van der Waals surface area contributed by atoms with Crippen LogP contribution in [0.2, 0.25) is 0 Å². The van der Waals surface area contributed by atoms with Crippen molar-refractivity contribution in [3.63, 3.8) is 0 Å². The number of hydrogen-bond donors (Lipinski definition) is 1. The Hall–Kier alpha value is -2.34. The van der Waals surface area contributed by atoms with E-state index in [-0.39, 0.29) is 0 Å². The second kappa shape index (κ2) is 5.53. The van der Waals surface area contributed by atoms with Gasteiger partial charge in [-0.25, -0.2) is 4.98 Å². The molecule has 19 heavy (non-hydrogen) atoms. The number of nitrogens with zero attached hydrogens (tertiary/aromatic N) is 2. The van der Waals surface area contributed by atoms with Crippen molar-refractivity contribution < 1.29 is 0 Å². The first kappa shape index (κ1) is 13.1. The summed E-state index contributed by atoms with van der Waals surface area (Å²) >= 11 is 0. The van der Waals surface area contributed by atoms with E-state index < -0.39 is 0 Å². The molecule has 0 fully saturated rings. The third-order valence-electron chi connectivity index (χ3n) is 3.04. The number of nitriles is 1. The van der Waals surface area contributed by atoms with Crippen molar-refractivity contribution in [2.45, 2.75) is 27.3 Å². The molecule has 1 aromatic heterocycles. The van der Waals surface area contributed by atoms with Crippen molar-refractivity contribution in [2.24, 2.45) is 0 Å². The average Bonchev–Trinajstić information content (AvgIpc) is 2.37. The fourth-order valence-electron chi connectivity index (χ4n) is 2.00. The molecule has 1 N–H and O–H groups in total. The Bertz CT molecular complexity index is 622. The van der Waals surface area contributed by atoms with Gasteiger partial charge in [0.25, 0.3) is 0 Å². The molecule has 0 amide bonds. The zero-order chi connectivity index (χ0) is 13.8. The van der Waals surface area contributed by atoms with Crippen LogP contribution in [-0.2, 0) is 6.54 Å². The first-order valence-electron chi connectivity index (χ1n) is 6.28. The fraction of sp³-hybridized carbons (Fsp3) is 0.250. The fourth-order valence-corrected chi connectivity index (χ4v) is 2.00. The molecular weight excluding hydrogens is 234 g/mol. The number of benzene rings is 1. The van der Waals surface area contributed by atoms with Crippen LogP contribution in [0, 0.1) is 32.1 Å². The van der Waals surface area contributed by atoms with E-state index in [2.05, 4.69) is 47.6 Å². The van der Waals surface area contributed by atoms with Crippen molar-refractivity contribution in [1.29, 1.82) is 5.26 Å². The van der Waals surface area contributed by atoms with Crippen LogP contribution < -0.4 is 5.32 Å². The van der Waals surface area contributed by atoms with Crippen LogP contribution in [0.3, 0.4) is 0 Å². The molecule has 3 heteroatoms. The number of nitrogens with one attached hydrogen (secondary N) is 1. The van der Waals surface area contributed by atoms with Gasteiger partial charge >= 0.3 is 0 Å². The molecule has 0 aliphatic heterocycles. The molecule has 0 aliphatic rings. The Morgan fingerprint density at radius 2 is 1.84 bits per heavy atom. The van der Waals surface area contributed by atoms with Crippen LogP contribution in [0.15, 0.2) is 30.3 Å². The smallest absolute Gasteiger partial charge is 0.144 e. The van der Waals surface area contributed by atoms with E-state index in [1.54, 1.807) is 0 Å². The first-order chi connectivity index (χ1) is 9.10. The van der Waals surface area contributed by atoms with Crippen LogP contribution in [0.25, 0.3) is 0 Å². The predicted octanol–water partition coefficient (Wildman–Crippen LogP) is 3.49. The van der Waals surface area contributed by atoms with Crippen molar-refractivity contribution in [2.75, 3.05) is 5.32 Å².